The Labute approximate surface area is 65.5 Å². The van der Waals surface area contributed by atoms with E-state index in [9.17, 15) is 9.59 Å². The first-order chi connectivity index (χ1) is 5.20. The maximum atomic E-state index is 10.4. The molecule has 0 aromatic rings. The van der Waals surface area contributed by atoms with E-state index in [-0.39, 0.29) is 19.1 Å². The monoisotopic (exact) mass is 160 g/mol. The first kappa shape index (κ1) is 10.1. The zero-order valence-corrected chi connectivity index (χ0v) is 6.70. The van der Waals surface area contributed by atoms with Crippen LogP contribution in [0.4, 0.5) is 0 Å². The smallest absolute Gasteiger partial charge is 0.331 e. The lowest BCUT2D eigenvalue weighted by atomic mass is 10.2. The van der Waals surface area contributed by atoms with Gasteiger partial charge in [0.2, 0.25) is 0 Å². The fourth-order valence-electron chi connectivity index (χ4n) is 0.426. The Kier molecular flexibility index (Phi) is 5.37. The lowest BCUT2D eigenvalue weighted by Gasteiger charge is -2.03. The molecule has 0 fully saturated rings. The van der Waals surface area contributed by atoms with Crippen molar-refractivity contribution in [2.24, 2.45) is 5.92 Å². The Bertz CT molecular complexity index is 132. The van der Waals surface area contributed by atoms with Gasteiger partial charge in [0.05, 0.1) is 13.7 Å². The van der Waals surface area contributed by atoms with Gasteiger partial charge in [-0.2, -0.15) is 0 Å². The van der Waals surface area contributed by atoms with E-state index in [0.717, 1.165) is 6.29 Å². The van der Waals surface area contributed by atoms with E-state index in [0.29, 0.717) is 0 Å². The molecule has 1 unspecified atom stereocenters. The van der Waals surface area contributed by atoms with Crippen molar-refractivity contribution >= 4 is 12.3 Å². The Morgan fingerprint density at radius 3 is 2.73 bits per heavy atom. The highest BCUT2D eigenvalue weighted by Crippen LogP contribution is 1.90. The molecule has 64 valence electrons. The molecule has 0 aromatic carbocycles. The SMILES string of the molecule is COC(=O)COCC(C)C=O. The summed E-state index contributed by atoms with van der Waals surface area (Å²) < 4.78 is 9.15. The molecular weight excluding hydrogens is 148 g/mol. The van der Waals surface area contributed by atoms with Crippen molar-refractivity contribution in [2.45, 2.75) is 6.92 Å². The van der Waals surface area contributed by atoms with Gasteiger partial charge in [0, 0.05) is 5.92 Å². The van der Waals surface area contributed by atoms with Crippen molar-refractivity contribution in [3.63, 3.8) is 0 Å². The first-order valence-corrected chi connectivity index (χ1v) is 3.30. The summed E-state index contributed by atoms with van der Waals surface area (Å²) in [4.78, 5) is 20.5. The van der Waals surface area contributed by atoms with Crippen LogP contribution in [-0.2, 0) is 19.1 Å². The Balaban J connectivity index is 3.26. The van der Waals surface area contributed by atoms with Gasteiger partial charge in [0.25, 0.3) is 0 Å². The van der Waals surface area contributed by atoms with Gasteiger partial charge in [-0.05, 0) is 0 Å². The van der Waals surface area contributed by atoms with Crippen molar-refractivity contribution in [3.05, 3.63) is 0 Å². The highest BCUT2D eigenvalue weighted by atomic mass is 16.6. The van der Waals surface area contributed by atoms with Gasteiger partial charge in [-0.25, -0.2) is 4.79 Å². The van der Waals surface area contributed by atoms with Crippen LogP contribution in [0, 0.1) is 5.92 Å². The third-order valence-corrected chi connectivity index (χ3v) is 1.06. The number of methoxy groups -OCH3 is 1. The Hall–Kier alpha value is -0.900. The predicted octanol–water partition coefficient (Wildman–Crippen LogP) is 0.0110. The van der Waals surface area contributed by atoms with Crippen LogP contribution in [0.2, 0.25) is 0 Å². The molecule has 0 aliphatic carbocycles. The van der Waals surface area contributed by atoms with Gasteiger partial charge in [-0.1, -0.05) is 6.92 Å². The van der Waals surface area contributed by atoms with Crippen LogP contribution in [0.25, 0.3) is 0 Å². The maximum absolute atomic E-state index is 10.4. The topological polar surface area (TPSA) is 52.6 Å². The molecule has 0 N–H and O–H groups in total. The molecule has 0 heterocycles. The van der Waals surface area contributed by atoms with Crippen molar-refractivity contribution in [2.75, 3.05) is 20.3 Å². The summed E-state index contributed by atoms with van der Waals surface area (Å²) in [6, 6.07) is 0. The molecular formula is C7H12O4. The number of ether oxygens (including phenoxy) is 2. The number of carbonyl (C=O) groups excluding carboxylic acids is 2. The second-order valence-corrected chi connectivity index (χ2v) is 2.20. The van der Waals surface area contributed by atoms with Crippen molar-refractivity contribution < 1.29 is 19.1 Å². The maximum Gasteiger partial charge on any atom is 0.331 e. The van der Waals surface area contributed by atoms with E-state index >= 15 is 0 Å². The normalized spacial score (nSPS) is 12.2. The van der Waals surface area contributed by atoms with Crippen LogP contribution in [0.3, 0.4) is 0 Å². The van der Waals surface area contributed by atoms with Crippen LogP contribution in [-0.4, -0.2) is 32.6 Å². The van der Waals surface area contributed by atoms with Gasteiger partial charge < -0.3 is 14.3 Å². The fourth-order valence-corrected chi connectivity index (χ4v) is 0.426. The fraction of sp³-hybridized carbons (Fsp3) is 0.714. The third-order valence-electron chi connectivity index (χ3n) is 1.06. The van der Waals surface area contributed by atoms with Crippen LogP contribution >= 0.6 is 0 Å². The van der Waals surface area contributed by atoms with Crippen LogP contribution in [0.5, 0.6) is 0 Å². The van der Waals surface area contributed by atoms with Crippen LogP contribution < -0.4 is 0 Å². The highest BCUT2D eigenvalue weighted by molar-refractivity contribution is 5.70. The number of carbonyl (C=O) groups is 2. The standard InChI is InChI=1S/C7H12O4/c1-6(3-8)4-11-5-7(9)10-2/h3,6H,4-5H2,1-2H3. The molecule has 0 saturated carbocycles. The van der Waals surface area contributed by atoms with Crippen molar-refractivity contribution in [1.29, 1.82) is 0 Å². The zero-order valence-electron chi connectivity index (χ0n) is 6.70. The number of rotatable bonds is 5. The average molecular weight is 160 g/mol. The number of hydrogen-bond acceptors (Lipinski definition) is 4. The van der Waals surface area contributed by atoms with E-state index in [1.165, 1.54) is 7.11 Å². The largest absolute Gasteiger partial charge is 0.467 e. The molecule has 0 aliphatic heterocycles. The molecule has 0 aliphatic rings. The molecule has 0 rings (SSSR count). The molecule has 4 nitrogen and oxygen atoms in total. The second kappa shape index (κ2) is 5.85. The van der Waals surface area contributed by atoms with E-state index in [2.05, 4.69) is 4.74 Å². The molecule has 11 heavy (non-hydrogen) atoms. The highest BCUT2D eigenvalue weighted by Gasteiger charge is 2.02. The summed E-state index contributed by atoms with van der Waals surface area (Å²) in [5, 5.41) is 0. The summed E-state index contributed by atoms with van der Waals surface area (Å²) in [5.41, 5.74) is 0. The molecule has 0 spiro atoms. The van der Waals surface area contributed by atoms with E-state index in [1.807, 2.05) is 0 Å². The minimum atomic E-state index is -0.428. The second-order valence-electron chi connectivity index (χ2n) is 2.20. The van der Waals surface area contributed by atoms with Crippen molar-refractivity contribution in [3.8, 4) is 0 Å². The number of esters is 1. The first-order valence-electron chi connectivity index (χ1n) is 3.30. The summed E-state index contributed by atoms with van der Waals surface area (Å²) >= 11 is 0. The molecule has 0 bridgehead atoms. The van der Waals surface area contributed by atoms with Crippen molar-refractivity contribution in [1.82, 2.24) is 0 Å². The molecule has 0 saturated heterocycles. The average Bonchev–Trinajstić information content (AvgIpc) is 2.04. The molecule has 0 amide bonds. The van der Waals surface area contributed by atoms with Gasteiger partial charge in [-0.3, -0.25) is 0 Å². The lowest BCUT2D eigenvalue weighted by molar-refractivity contribution is -0.146. The lowest BCUT2D eigenvalue weighted by Crippen LogP contribution is -2.14. The summed E-state index contributed by atoms with van der Waals surface area (Å²) in [7, 11) is 1.29. The summed E-state index contributed by atoms with van der Waals surface area (Å²) in [5.74, 6) is -0.595. The van der Waals surface area contributed by atoms with Gasteiger partial charge in [0.1, 0.15) is 12.9 Å². The molecule has 4 heteroatoms. The quantitative estimate of drug-likeness (QED) is 0.420. The number of aldehydes is 1. The third kappa shape index (κ3) is 5.54. The number of hydrogen-bond donors (Lipinski definition) is 0. The molecule has 1 atom stereocenters. The van der Waals surface area contributed by atoms with Gasteiger partial charge in [-0.15, -0.1) is 0 Å². The predicted molar refractivity (Wildman–Crippen MR) is 38.1 cm³/mol. The summed E-state index contributed by atoms with van der Waals surface area (Å²) in [6.45, 7) is 1.89. The Morgan fingerprint density at radius 1 is 1.64 bits per heavy atom. The molecule has 0 radical (unpaired) electrons. The summed E-state index contributed by atoms with van der Waals surface area (Å²) in [6.07, 6.45) is 0.775. The molecule has 0 aromatic heterocycles. The Morgan fingerprint density at radius 2 is 2.27 bits per heavy atom. The van der Waals surface area contributed by atoms with Crippen LogP contribution in [0.1, 0.15) is 6.92 Å². The van der Waals surface area contributed by atoms with E-state index in [1.54, 1.807) is 6.92 Å². The van der Waals surface area contributed by atoms with Gasteiger partial charge >= 0.3 is 5.97 Å². The van der Waals surface area contributed by atoms with Gasteiger partial charge in [0.15, 0.2) is 0 Å². The zero-order chi connectivity index (χ0) is 8.69. The minimum Gasteiger partial charge on any atom is -0.467 e. The van der Waals surface area contributed by atoms with Crippen LogP contribution in [0.15, 0.2) is 0 Å². The van der Waals surface area contributed by atoms with E-state index < -0.39 is 5.97 Å². The van der Waals surface area contributed by atoms with E-state index in [4.69, 9.17) is 4.74 Å². The minimum absolute atomic E-state index is 0.0886.